The van der Waals surface area contributed by atoms with Gasteiger partial charge in [-0.05, 0) is 86.1 Å². The summed E-state index contributed by atoms with van der Waals surface area (Å²) in [5, 5.41) is 22.3. The van der Waals surface area contributed by atoms with Gasteiger partial charge in [-0.15, -0.1) is 0 Å². The third kappa shape index (κ3) is 3.08. The highest BCUT2D eigenvalue weighted by molar-refractivity contribution is 7.71. The lowest BCUT2D eigenvalue weighted by Gasteiger charge is -2.15. The third-order valence-corrected chi connectivity index (χ3v) is 7.21. The van der Waals surface area contributed by atoms with Crippen LogP contribution in [0, 0.1) is 4.77 Å². The Morgan fingerprint density at radius 2 is 1.78 bits per heavy atom. The molecule has 0 aliphatic heterocycles. The zero-order valence-electron chi connectivity index (χ0n) is 18.8. The predicted molar refractivity (Wildman–Crippen MR) is 132 cm³/mol. The number of aromatic amines is 1. The molecule has 0 spiro atoms. The summed E-state index contributed by atoms with van der Waals surface area (Å²) in [7, 11) is 2.16. The van der Waals surface area contributed by atoms with Crippen LogP contribution in [0.1, 0.15) is 49.2 Å². The van der Waals surface area contributed by atoms with Crippen molar-refractivity contribution in [2.75, 3.05) is 0 Å². The highest BCUT2D eigenvalue weighted by Crippen LogP contribution is 2.39. The van der Waals surface area contributed by atoms with Gasteiger partial charge in [-0.3, -0.25) is 4.57 Å². The smallest absolute Gasteiger partial charge is 0.182 e. The first-order chi connectivity index (χ1) is 15.4. The molecule has 6 heteroatoms. The molecule has 32 heavy (non-hydrogen) atoms. The van der Waals surface area contributed by atoms with E-state index in [1.165, 1.54) is 41.1 Å². The summed E-state index contributed by atoms with van der Waals surface area (Å²) in [5.74, 6) is 0.167. The molecule has 1 aliphatic carbocycles. The molecule has 3 N–H and O–H groups in total. The van der Waals surface area contributed by atoms with Crippen LogP contribution in [0.5, 0.6) is 11.5 Å². The highest BCUT2D eigenvalue weighted by atomic mass is 32.1. The second kappa shape index (κ2) is 7.85. The van der Waals surface area contributed by atoms with Gasteiger partial charge in [0.1, 0.15) is 11.5 Å². The first kappa shape index (κ1) is 20.9. The van der Waals surface area contributed by atoms with E-state index >= 15 is 0 Å². The fourth-order valence-corrected chi connectivity index (χ4v) is 5.57. The lowest BCUT2D eigenvalue weighted by molar-refractivity contribution is 0.447. The van der Waals surface area contributed by atoms with Crippen molar-refractivity contribution in [1.29, 1.82) is 0 Å². The number of phenolic OH excluding ortho intramolecular Hbond substituents is 2. The Balaban J connectivity index is 1.78. The second-order valence-electron chi connectivity index (χ2n) is 8.69. The van der Waals surface area contributed by atoms with E-state index < -0.39 is 0 Å². The molecule has 4 aromatic rings. The van der Waals surface area contributed by atoms with E-state index in [2.05, 4.69) is 41.7 Å². The molecule has 2 heterocycles. The number of fused-ring (bicyclic) bond motifs is 3. The number of nitrogens with one attached hydrogen (secondary N) is 1. The van der Waals surface area contributed by atoms with Gasteiger partial charge >= 0.3 is 0 Å². The largest absolute Gasteiger partial charge is 0.508 e. The van der Waals surface area contributed by atoms with Crippen LogP contribution >= 0.6 is 12.2 Å². The fraction of sp³-hybridized carbons (Fsp3) is 0.346. The molecule has 166 valence electrons. The number of hydrogen-bond donors (Lipinski definition) is 3. The maximum Gasteiger partial charge on any atom is 0.182 e. The average molecular weight is 448 g/mol. The lowest BCUT2D eigenvalue weighted by Crippen LogP contribution is -2.04. The molecule has 1 aliphatic rings. The molecular weight excluding hydrogens is 418 g/mol. The molecule has 0 amide bonds. The minimum absolute atomic E-state index is 0.0512. The van der Waals surface area contributed by atoms with Crippen LogP contribution in [0.15, 0.2) is 30.3 Å². The minimum Gasteiger partial charge on any atom is -0.508 e. The van der Waals surface area contributed by atoms with Crippen LogP contribution < -0.4 is 0 Å². The van der Waals surface area contributed by atoms with Gasteiger partial charge in [0, 0.05) is 46.7 Å². The van der Waals surface area contributed by atoms with Crippen molar-refractivity contribution in [3.05, 3.63) is 57.6 Å². The molecule has 0 saturated carbocycles. The summed E-state index contributed by atoms with van der Waals surface area (Å²) in [6.07, 6.45) is 6.14. The van der Waals surface area contributed by atoms with E-state index in [0.717, 1.165) is 41.9 Å². The molecule has 5 nitrogen and oxygen atoms in total. The monoisotopic (exact) mass is 447 g/mol. The number of nitrogens with zero attached hydrogens (tertiary/aromatic N) is 2. The van der Waals surface area contributed by atoms with E-state index in [1.807, 2.05) is 17.6 Å². The van der Waals surface area contributed by atoms with E-state index in [1.54, 1.807) is 0 Å². The molecule has 0 radical (unpaired) electrons. The third-order valence-electron chi connectivity index (χ3n) is 6.93. The maximum absolute atomic E-state index is 10.8. The van der Waals surface area contributed by atoms with Crippen LogP contribution in [0.25, 0.3) is 27.8 Å². The van der Waals surface area contributed by atoms with Crippen LogP contribution in [0.2, 0.25) is 0 Å². The Morgan fingerprint density at radius 3 is 2.53 bits per heavy atom. The predicted octanol–water partition coefficient (Wildman–Crippen LogP) is 6.11. The van der Waals surface area contributed by atoms with Gasteiger partial charge in [0.15, 0.2) is 4.77 Å². The van der Waals surface area contributed by atoms with Gasteiger partial charge in [0.2, 0.25) is 0 Å². The zero-order chi connectivity index (χ0) is 22.6. The number of aryl methyl sites for hydroxylation is 4. The van der Waals surface area contributed by atoms with Gasteiger partial charge in [0.25, 0.3) is 0 Å². The van der Waals surface area contributed by atoms with E-state index in [9.17, 15) is 10.2 Å². The molecule has 2 aromatic heterocycles. The summed E-state index contributed by atoms with van der Waals surface area (Å²) in [5.41, 5.74) is 8.43. The first-order valence-electron chi connectivity index (χ1n) is 11.4. The maximum atomic E-state index is 10.8. The first-order valence-corrected chi connectivity index (χ1v) is 11.8. The van der Waals surface area contributed by atoms with Crippen molar-refractivity contribution in [3.63, 3.8) is 0 Å². The Morgan fingerprint density at radius 1 is 1.00 bits per heavy atom. The number of aromatic hydroxyl groups is 2. The lowest BCUT2D eigenvalue weighted by atomic mass is 9.95. The van der Waals surface area contributed by atoms with Crippen molar-refractivity contribution in [2.24, 2.45) is 7.05 Å². The standard InChI is InChI=1S/C26H29N3O2S/c1-4-15-12-19(24(31)14-23(15)30)25-20(5-2)27-26(32)29(25)16-10-11-22-18(13-16)17-8-6-7-9-21(17)28(22)3/h10-14,30-31H,4-9H2,1-3H3,(H,27,32). The number of hydrogen-bond acceptors (Lipinski definition) is 3. The molecule has 0 atom stereocenters. The zero-order valence-corrected chi connectivity index (χ0v) is 19.6. The quantitative estimate of drug-likeness (QED) is 0.331. The summed E-state index contributed by atoms with van der Waals surface area (Å²) < 4.78 is 4.97. The van der Waals surface area contributed by atoms with Gasteiger partial charge in [-0.2, -0.15) is 0 Å². The Labute approximate surface area is 193 Å². The van der Waals surface area contributed by atoms with Crippen molar-refractivity contribution in [2.45, 2.75) is 52.4 Å². The Kier molecular flexibility index (Phi) is 5.13. The van der Waals surface area contributed by atoms with Gasteiger partial charge in [0.05, 0.1) is 5.69 Å². The van der Waals surface area contributed by atoms with E-state index in [-0.39, 0.29) is 11.5 Å². The molecule has 0 fully saturated rings. The molecule has 0 saturated heterocycles. The molecule has 2 aromatic carbocycles. The molecule has 0 unspecified atom stereocenters. The van der Waals surface area contributed by atoms with Crippen molar-refractivity contribution < 1.29 is 10.2 Å². The number of rotatable bonds is 4. The van der Waals surface area contributed by atoms with Crippen molar-refractivity contribution in [3.8, 4) is 28.4 Å². The molecule has 0 bridgehead atoms. The number of phenols is 2. The van der Waals surface area contributed by atoms with Gasteiger partial charge in [-0.25, -0.2) is 0 Å². The van der Waals surface area contributed by atoms with Gasteiger partial charge < -0.3 is 19.8 Å². The summed E-state index contributed by atoms with van der Waals surface area (Å²) in [4.78, 5) is 3.35. The number of H-pyrrole nitrogens is 1. The average Bonchev–Trinajstić information content (AvgIpc) is 3.28. The van der Waals surface area contributed by atoms with Crippen LogP contribution in [-0.4, -0.2) is 24.3 Å². The molecular formula is C26H29N3O2S. The van der Waals surface area contributed by atoms with Crippen LogP contribution in [0.3, 0.4) is 0 Å². The summed E-state index contributed by atoms with van der Waals surface area (Å²) >= 11 is 5.76. The second-order valence-corrected chi connectivity index (χ2v) is 9.08. The topological polar surface area (TPSA) is 66.1 Å². The fourth-order valence-electron chi connectivity index (χ4n) is 5.25. The van der Waals surface area contributed by atoms with Crippen LogP contribution in [-0.2, 0) is 32.7 Å². The Bertz CT molecular complexity index is 1410. The van der Waals surface area contributed by atoms with E-state index in [4.69, 9.17) is 12.2 Å². The summed E-state index contributed by atoms with van der Waals surface area (Å²) in [6.45, 7) is 4.07. The van der Waals surface area contributed by atoms with Gasteiger partial charge in [-0.1, -0.05) is 13.8 Å². The van der Waals surface area contributed by atoms with Crippen LogP contribution in [0.4, 0.5) is 0 Å². The van der Waals surface area contributed by atoms with Crippen molar-refractivity contribution >= 4 is 23.1 Å². The number of aromatic nitrogens is 3. The summed E-state index contributed by atoms with van der Waals surface area (Å²) in [6, 6.07) is 9.84. The SMILES string of the molecule is CCc1cc(-c2c(CC)[nH]c(=S)n2-c2ccc3c(c2)c2c(n3C)CCCC2)c(O)cc1O. The van der Waals surface area contributed by atoms with Crippen molar-refractivity contribution in [1.82, 2.24) is 14.1 Å². The minimum atomic E-state index is 0.0512. The van der Waals surface area contributed by atoms with E-state index in [0.29, 0.717) is 16.8 Å². The highest BCUT2D eigenvalue weighted by Gasteiger charge is 2.22. The normalized spacial score (nSPS) is 13.6. The number of benzene rings is 2. The Hall–Kier alpha value is -2.99. The number of imidazole rings is 1. The molecule has 5 rings (SSSR count).